The van der Waals surface area contributed by atoms with E-state index in [0.29, 0.717) is 114 Å². The molecule has 0 spiro atoms. The number of amides is 2. The molecule has 12 rings (SSSR count). The number of aromatic carboxylic acids is 1. The standard InChI is InChI=1S/C26H27F3N4O3.C25H25F3N4O3.C15H14F3N3O2.C11H15NO2/c1-16(20-9-7-18(8-10-20)14-22(34)36-3)30-24(35)23-17(2)31-33-12-11-32(25(23)33)15-19-5-4-6-21(13-19)26(27,28)29;1-15(19-8-6-17(7-9-19)13-21(33)34)29-23(35)22-16(2)30-32-11-10-31(24(22)32)14-18-4-3-5-20(12-18)25(26,27)28;1-9-12(14(22)23)13-20(5-6-21(13)19-9)8-10-3-2-4-11(7-10)15(16,17)18;1-8(12)10-5-3-9(4-6-10)7-11(13)14-2/h4-10,13,16H,11-12,14-15H2,1-3H3,(H,30,35);3-9,12,15H,10-11,13-14H2,1-2H3,(H,29,35)(H,33,34);2-4,7H,5-6,8H2,1H3,(H,22,23);3-6,8H,7,12H2,1-2H3/t16-;15-;;8-/m00.0/s1. The van der Waals surface area contributed by atoms with E-state index in [9.17, 15) is 73.4 Å². The van der Waals surface area contributed by atoms with E-state index in [4.69, 9.17) is 10.8 Å². The lowest BCUT2D eigenvalue weighted by Gasteiger charge is -2.21. The molecule has 572 valence electrons. The number of anilines is 3. The number of carboxylic acid groups (broad SMARTS) is 2. The van der Waals surface area contributed by atoms with E-state index in [1.54, 1.807) is 82.2 Å². The van der Waals surface area contributed by atoms with Crippen molar-refractivity contribution < 1.29 is 88.0 Å². The minimum Gasteiger partial charge on any atom is -0.481 e. The first-order valence-corrected chi connectivity index (χ1v) is 34.2. The monoisotopic (exact) mass is 1500 g/mol. The molecule has 3 aliphatic heterocycles. The zero-order chi connectivity index (χ0) is 78.7. The highest BCUT2D eigenvalue weighted by Crippen LogP contribution is 2.37. The molecule has 0 unspecified atom stereocenters. The Bertz CT molecular complexity index is 4710. The van der Waals surface area contributed by atoms with Gasteiger partial charge in [0.1, 0.15) is 34.1 Å². The van der Waals surface area contributed by atoms with Gasteiger partial charge in [-0.3, -0.25) is 24.0 Å². The molecule has 0 saturated carbocycles. The number of carbonyl (C=O) groups is 6. The molecule has 0 fully saturated rings. The lowest BCUT2D eigenvalue weighted by molar-refractivity contribution is -0.140. The smallest absolute Gasteiger partial charge is 0.416 e. The summed E-state index contributed by atoms with van der Waals surface area (Å²) >= 11 is 0. The number of aromatic nitrogens is 6. The molecule has 3 atom stereocenters. The van der Waals surface area contributed by atoms with Crippen molar-refractivity contribution in [1.29, 1.82) is 0 Å². The van der Waals surface area contributed by atoms with E-state index in [1.807, 2.05) is 79.1 Å². The minimum atomic E-state index is -4.42. The van der Waals surface area contributed by atoms with Crippen LogP contribution >= 0.6 is 0 Å². The number of esters is 2. The first-order chi connectivity index (χ1) is 51.0. The second-order valence-electron chi connectivity index (χ2n) is 26.2. The van der Waals surface area contributed by atoms with Gasteiger partial charge in [-0.15, -0.1) is 0 Å². The van der Waals surface area contributed by atoms with Crippen molar-refractivity contribution in [3.05, 3.63) is 246 Å². The molecule has 6 heterocycles. The van der Waals surface area contributed by atoms with E-state index in [0.717, 1.165) is 64.2 Å². The number of carboxylic acids is 2. The quantitative estimate of drug-likeness (QED) is 0.0350. The highest BCUT2D eigenvalue weighted by Gasteiger charge is 2.37. The molecule has 22 nitrogen and oxygen atoms in total. The third-order valence-corrected chi connectivity index (χ3v) is 18.2. The van der Waals surface area contributed by atoms with Gasteiger partial charge in [-0.2, -0.15) is 54.8 Å². The Hall–Kier alpha value is -11.5. The molecule has 2 amide bonds. The number of fused-ring (bicyclic) bond motifs is 3. The first-order valence-electron chi connectivity index (χ1n) is 34.2. The normalized spacial score (nSPS) is 13.8. The van der Waals surface area contributed by atoms with Gasteiger partial charge in [0.15, 0.2) is 0 Å². The SMILES string of the molecule is COC(=O)Cc1ccc([C@H](C)N)cc1.COC(=O)Cc1ccc([C@H](C)NC(=O)c2c(C)nn3c2N(Cc2cccc(C(F)(F)F)c2)CC3)cc1.Cc1nn2c(c1C(=O)N[C@@H](C)c1ccc(CC(=O)O)cc1)N(Cc1cccc(C(F)(F)F)c1)CC2.Cc1nn2c(c1C(=O)O)N(Cc1cccc(C(F)(F)F)c1)CC2. The van der Waals surface area contributed by atoms with E-state index in [2.05, 4.69) is 35.4 Å². The fraction of sp³-hybridized carbons (Fsp3) is 0.338. The molecule has 6 N–H and O–H groups in total. The Labute approximate surface area is 615 Å². The first kappa shape index (κ1) is 80.6. The van der Waals surface area contributed by atoms with Crippen LogP contribution in [0.15, 0.2) is 146 Å². The minimum absolute atomic E-state index is 0.0298. The van der Waals surface area contributed by atoms with Gasteiger partial charge < -0.3 is 50.8 Å². The molecule has 3 aliphatic rings. The maximum atomic E-state index is 13.3. The molecular weight excluding hydrogens is 1420 g/mol. The molecule has 3 aromatic heterocycles. The van der Waals surface area contributed by atoms with Crippen LogP contribution in [0.4, 0.5) is 57.0 Å². The summed E-state index contributed by atoms with van der Waals surface area (Å²) in [5.74, 6) is -1.56. The van der Waals surface area contributed by atoms with Gasteiger partial charge >= 0.3 is 42.4 Å². The Morgan fingerprint density at radius 2 is 0.731 bits per heavy atom. The number of rotatable bonds is 20. The van der Waals surface area contributed by atoms with Gasteiger partial charge in [0.2, 0.25) is 0 Å². The van der Waals surface area contributed by atoms with Gasteiger partial charge in [0.25, 0.3) is 11.8 Å². The summed E-state index contributed by atoms with van der Waals surface area (Å²) in [6, 6.07) is 36.8. The van der Waals surface area contributed by atoms with E-state index in [1.165, 1.54) is 32.4 Å². The van der Waals surface area contributed by atoms with Crippen LogP contribution in [0, 0.1) is 20.8 Å². The molecule has 0 aliphatic carbocycles. The molecule has 31 heteroatoms. The lowest BCUT2D eigenvalue weighted by Crippen LogP contribution is -2.29. The van der Waals surface area contributed by atoms with Gasteiger partial charge in [-0.1, -0.05) is 109 Å². The number of benzene rings is 6. The van der Waals surface area contributed by atoms with Crippen LogP contribution in [0.25, 0.3) is 0 Å². The van der Waals surface area contributed by atoms with Crippen LogP contribution < -0.4 is 31.1 Å². The molecule has 9 aromatic rings. The van der Waals surface area contributed by atoms with Crippen molar-refractivity contribution in [2.75, 3.05) is 48.6 Å². The summed E-state index contributed by atoms with van der Waals surface area (Å²) in [5.41, 5.74) is 12.6. The van der Waals surface area contributed by atoms with Crippen LogP contribution in [-0.2, 0) is 101 Å². The van der Waals surface area contributed by atoms with E-state index >= 15 is 0 Å². The summed E-state index contributed by atoms with van der Waals surface area (Å²) in [5, 5.41) is 37.3. The van der Waals surface area contributed by atoms with E-state index < -0.39 is 47.2 Å². The molecule has 0 saturated heterocycles. The molecule has 0 radical (unpaired) electrons. The summed E-state index contributed by atoms with van der Waals surface area (Å²) in [7, 11) is 2.73. The Morgan fingerprint density at radius 3 is 1.02 bits per heavy atom. The average molecular weight is 1510 g/mol. The van der Waals surface area contributed by atoms with Crippen LogP contribution in [-0.4, -0.2) is 109 Å². The summed E-state index contributed by atoms with van der Waals surface area (Å²) in [4.78, 5) is 76.7. The second-order valence-corrected chi connectivity index (χ2v) is 26.2. The maximum absolute atomic E-state index is 13.3. The summed E-state index contributed by atoms with van der Waals surface area (Å²) in [6.07, 6.45) is -12.8. The predicted molar refractivity (Wildman–Crippen MR) is 382 cm³/mol. The maximum Gasteiger partial charge on any atom is 0.416 e. The molecule has 108 heavy (non-hydrogen) atoms. The van der Waals surface area contributed by atoms with Crippen LogP contribution in [0.5, 0.6) is 0 Å². The molecule has 0 bridgehead atoms. The van der Waals surface area contributed by atoms with E-state index in [-0.39, 0.29) is 79.9 Å². The number of carbonyl (C=O) groups excluding carboxylic acids is 4. The summed E-state index contributed by atoms with van der Waals surface area (Å²) < 4.78 is 131. The lowest BCUT2D eigenvalue weighted by atomic mass is 10.0. The number of alkyl halides is 9. The van der Waals surface area contributed by atoms with Crippen LogP contribution in [0.1, 0.15) is 154 Å². The molecular formula is C77H81F9N12O10. The number of ether oxygens (including phenoxy) is 2. The Balaban J connectivity index is 0.000000175. The average Bonchev–Trinajstić information content (AvgIpc) is 1.63. The zero-order valence-electron chi connectivity index (χ0n) is 60.2. The van der Waals surface area contributed by atoms with Crippen molar-refractivity contribution >= 4 is 53.1 Å². The topological polar surface area (TPSA) is 275 Å². The van der Waals surface area contributed by atoms with Crippen molar-refractivity contribution in [1.82, 2.24) is 40.0 Å². The highest BCUT2D eigenvalue weighted by molar-refractivity contribution is 6.01. The number of nitrogens with zero attached hydrogens (tertiary/aromatic N) is 9. The van der Waals surface area contributed by atoms with Gasteiger partial charge in [0.05, 0.1) is 99.0 Å². The van der Waals surface area contributed by atoms with Crippen molar-refractivity contribution in [3.63, 3.8) is 0 Å². The highest BCUT2D eigenvalue weighted by atomic mass is 19.4. The van der Waals surface area contributed by atoms with Crippen LogP contribution in [0.3, 0.4) is 0 Å². The zero-order valence-corrected chi connectivity index (χ0v) is 60.2. The predicted octanol–water partition coefficient (Wildman–Crippen LogP) is 13.1. The number of aryl methyl sites for hydroxylation is 3. The number of hydrogen-bond acceptors (Lipinski definition) is 15. The number of nitrogens with one attached hydrogen (secondary N) is 2. The fourth-order valence-corrected chi connectivity index (χ4v) is 12.7. The third kappa shape index (κ3) is 20.3. The Kier molecular flexibility index (Phi) is 25.7. The number of nitrogens with two attached hydrogens (primary N) is 1. The fourth-order valence-electron chi connectivity index (χ4n) is 12.7. The summed E-state index contributed by atoms with van der Waals surface area (Å²) in [6.45, 7) is 14.5. The second kappa shape index (κ2) is 34.4. The number of methoxy groups -OCH3 is 2. The number of aliphatic carboxylic acids is 1. The van der Waals surface area contributed by atoms with Gasteiger partial charge in [-0.25, -0.2) is 18.8 Å². The van der Waals surface area contributed by atoms with Gasteiger partial charge in [0, 0.05) is 45.3 Å². The Morgan fingerprint density at radius 1 is 0.435 bits per heavy atom. The third-order valence-electron chi connectivity index (χ3n) is 18.2. The largest absolute Gasteiger partial charge is 0.481 e. The number of halogens is 9. The van der Waals surface area contributed by atoms with Crippen molar-refractivity contribution in [2.45, 2.75) is 137 Å². The van der Waals surface area contributed by atoms with Crippen molar-refractivity contribution in [2.24, 2.45) is 5.73 Å². The number of hydrogen-bond donors (Lipinski definition) is 5. The van der Waals surface area contributed by atoms with Crippen molar-refractivity contribution in [3.8, 4) is 0 Å². The van der Waals surface area contributed by atoms with Crippen LogP contribution in [0.2, 0.25) is 0 Å². The molecule has 6 aromatic carbocycles. The van der Waals surface area contributed by atoms with Gasteiger partial charge in [-0.05, 0) is 128 Å².